The van der Waals surface area contributed by atoms with Crippen LogP contribution < -0.4 is 0 Å². The zero-order chi connectivity index (χ0) is 15.4. The van der Waals surface area contributed by atoms with Gasteiger partial charge in [0, 0.05) is 0 Å². The van der Waals surface area contributed by atoms with Gasteiger partial charge in [-0.15, -0.1) is 0 Å². The highest BCUT2D eigenvalue weighted by Crippen LogP contribution is 2.24. The number of benzene rings is 2. The van der Waals surface area contributed by atoms with Crippen molar-refractivity contribution in [2.75, 3.05) is 0 Å². The molecule has 2 aromatic carbocycles. The van der Waals surface area contributed by atoms with Crippen molar-refractivity contribution < 1.29 is 14.6 Å². The smallest absolute Gasteiger partial charge is 0.339 e. The van der Waals surface area contributed by atoms with E-state index >= 15 is 0 Å². The summed E-state index contributed by atoms with van der Waals surface area (Å²) < 4.78 is 5.64. The van der Waals surface area contributed by atoms with Gasteiger partial charge in [0.1, 0.15) is 6.10 Å². The van der Waals surface area contributed by atoms with Crippen molar-refractivity contribution in [3.05, 3.63) is 48.0 Å². The highest BCUT2D eigenvalue weighted by atomic mass is 16.6. The summed E-state index contributed by atoms with van der Waals surface area (Å²) in [5.74, 6) is -0.332. The predicted molar refractivity (Wildman–Crippen MR) is 86.9 cm³/mol. The summed E-state index contributed by atoms with van der Waals surface area (Å²) in [7, 11) is 0. The van der Waals surface area contributed by atoms with Gasteiger partial charge in [-0.2, -0.15) is 0 Å². The van der Waals surface area contributed by atoms with Gasteiger partial charge in [0.2, 0.25) is 0 Å². The standard InChI is InChI=1S/C19H22O3/c20-17-12-3-1-2-4-13-18(17)22-19(21)16-11-7-9-14-8-5-6-10-15(14)16/h5-11,17-18,20H,1-4,12-13H2/t17-,18+/m1/s1. The highest BCUT2D eigenvalue weighted by molar-refractivity contribution is 6.04. The van der Waals surface area contributed by atoms with Crippen molar-refractivity contribution in [1.29, 1.82) is 0 Å². The molecule has 1 aliphatic rings. The van der Waals surface area contributed by atoms with Crippen LogP contribution >= 0.6 is 0 Å². The molecular formula is C19H22O3. The molecule has 3 heteroatoms. The Morgan fingerprint density at radius 3 is 2.55 bits per heavy atom. The summed E-state index contributed by atoms with van der Waals surface area (Å²) >= 11 is 0. The lowest BCUT2D eigenvalue weighted by Crippen LogP contribution is -2.32. The zero-order valence-electron chi connectivity index (χ0n) is 12.7. The van der Waals surface area contributed by atoms with E-state index in [1.54, 1.807) is 6.07 Å². The van der Waals surface area contributed by atoms with Crippen LogP contribution in [0.3, 0.4) is 0 Å². The van der Waals surface area contributed by atoms with E-state index in [9.17, 15) is 9.90 Å². The number of aliphatic hydroxyl groups is 1. The molecule has 0 heterocycles. The maximum Gasteiger partial charge on any atom is 0.339 e. The third kappa shape index (κ3) is 3.30. The summed E-state index contributed by atoms with van der Waals surface area (Å²) in [5, 5.41) is 12.1. The molecule has 0 aromatic heterocycles. The van der Waals surface area contributed by atoms with E-state index in [-0.39, 0.29) is 12.1 Å². The molecule has 0 amide bonds. The lowest BCUT2D eigenvalue weighted by molar-refractivity contribution is -0.0281. The fraction of sp³-hybridized carbons (Fsp3) is 0.421. The Balaban J connectivity index is 1.80. The molecule has 1 saturated carbocycles. The lowest BCUT2D eigenvalue weighted by atomic mass is 9.96. The number of carbonyl (C=O) groups excluding carboxylic acids is 1. The number of fused-ring (bicyclic) bond motifs is 1. The first-order valence-corrected chi connectivity index (χ1v) is 8.12. The van der Waals surface area contributed by atoms with Crippen LogP contribution in [0.1, 0.15) is 48.9 Å². The minimum Gasteiger partial charge on any atom is -0.456 e. The van der Waals surface area contributed by atoms with E-state index in [2.05, 4.69) is 0 Å². The molecule has 2 atom stereocenters. The highest BCUT2D eigenvalue weighted by Gasteiger charge is 2.25. The molecule has 3 nitrogen and oxygen atoms in total. The first kappa shape index (κ1) is 15.0. The largest absolute Gasteiger partial charge is 0.456 e. The monoisotopic (exact) mass is 298 g/mol. The van der Waals surface area contributed by atoms with Gasteiger partial charge in [-0.3, -0.25) is 0 Å². The Hall–Kier alpha value is -1.87. The van der Waals surface area contributed by atoms with Gasteiger partial charge in [0.25, 0.3) is 0 Å². The van der Waals surface area contributed by atoms with Gasteiger partial charge < -0.3 is 9.84 Å². The van der Waals surface area contributed by atoms with Crippen molar-refractivity contribution in [1.82, 2.24) is 0 Å². The number of hydrogen-bond donors (Lipinski definition) is 1. The van der Waals surface area contributed by atoms with Gasteiger partial charge in [-0.1, -0.05) is 55.7 Å². The Labute approximate surface area is 130 Å². The van der Waals surface area contributed by atoms with Gasteiger partial charge >= 0.3 is 5.97 Å². The van der Waals surface area contributed by atoms with E-state index in [1.165, 1.54) is 0 Å². The van der Waals surface area contributed by atoms with E-state index < -0.39 is 6.10 Å². The molecule has 0 bridgehead atoms. The Morgan fingerprint density at radius 2 is 1.68 bits per heavy atom. The predicted octanol–water partition coefficient (Wildman–Crippen LogP) is 4.08. The van der Waals surface area contributed by atoms with Gasteiger partial charge in [-0.05, 0) is 36.1 Å². The minimum atomic E-state index is -0.542. The van der Waals surface area contributed by atoms with E-state index in [1.807, 2.05) is 36.4 Å². The minimum absolute atomic E-state index is 0.332. The maximum atomic E-state index is 12.5. The summed E-state index contributed by atoms with van der Waals surface area (Å²) in [6.07, 6.45) is 4.85. The summed E-state index contributed by atoms with van der Waals surface area (Å²) in [6.45, 7) is 0. The third-order valence-electron chi connectivity index (χ3n) is 4.44. The summed E-state index contributed by atoms with van der Waals surface area (Å²) in [6, 6.07) is 13.4. The molecule has 1 aliphatic carbocycles. The van der Waals surface area contributed by atoms with Crippen LogP contribution in [0, 0.1) is 0 Å². The number of rotatable bonds is 2. The van der Waals surface area contributed by atoms with Gasteiger partial charge in [0.05, 0.1) is 11.7 Å². The van der Waals surface area contributed by atoms with Crippen LogP contribution in [-0.2, 0) is 4.74 Å². The van der Waals surface area contributed by atoms with Crippen LogP contribution in [0.2, 0.25) is 0 Å². The number of hydrogen-bond acceptors (Lipinski definition) is 3. The second-order valence-electron chi connectivity index (χ2n) is 6.03. The van der Waals surface area contributed by atoms with Crippen LogP contribution in [-0.4, -0.2) is 23.3 Å². The second kappa shape index (κ2) is 6.93. The number of carbonyl (C=O) groups is 1. The molecule has 3 rings (SSSR count). The Bertz CT molecular complexity index is 645. The lowest BCUT2D eigenvalue weighted by Gasteiger charge is -2.25. The fourth-order valence-electron chi connectivity index (χ4n) is 3.17. The molecule has 0 radical (unpaired) electrons. The van der Waals surface area contributed by atoms with E-state index in [0.717, 1.165) is 42.9 Å². The quantitative estimate of drug-likeness (QED) is 0.850. The summed E-state index contributed by atoms with van der Waals surface area (Å²) in [4.78, 5) is 12.5. The summed E-state index contributed by atoms with van der Waals surface area (Å²) in [5.41, 5.74) is 0.576. The molecule has 116 valence electrons. The SMILES string of the molecule is O=C(O[C@H]1CCCCCC[C@H]1O)c1cccc2ccccc12. The van der Waals surface area contributed by atoms with Crippen LogP contribution in [0.15, 0.2) is 42.5 Å². The topological polar surface area (TPSA) is 46.5 Å². The average Bonchev–Trinajstić information content (AvgIpc) is 2.54. The second-order valence-corrected chi connectivity index (χ2v) is 6.03. The van der Waals surface area contributed by atoms with Crippen LogP contribution in [0.5, 0.6) is 0 Å². The van der Waals surface area contributed by atoms with Crippen LogP contribution in [0.4, 0.5) is 0 Å². The molecule has 0 spiro atoms. The zero-order valence-corrected chi connectivity index (χ0v) is 12.7. The number of aliphatic hydroxyl groups excluding tert-OH is 1. The maximum absolute atomic E-state index is 12.5. The van der Waals surface area contributed by atoms with Crippen molar-refractivity contribution in [2.24, 2.45) is 0 Å². The number of esters is 1. The van der Waals surface area contributed by atoms with Crippen molar-refractivity contribution in [3.63, 3.8) is 0 Å². The average molecular weight is 298 g/mol. The molecule has 1 fully saturated rings. The van der Waals surface area contributed by atoms with Gasteiger partial charge in [0.15, 0.2) is 0 Å². The third-order valence-corrected chi connectivity index (χ3v) is 4.44. The first-order valence-electron chi connectivity index (χ1n) is 8.12. The number of ether oxygens (including phenoxy) is 1. The molecule has 2 aromatic rings. The van der Waals surface area contributed by atoms with Crippen molar-refractivity contribution in [3.8, 4) is 0 Å². The molecule has 0 aliphatic heterocycles. The first-order chi connectivity index (χ1) is 10.8. The van der Waals surface area contributed by atoms with Gasteiger partial charge in [-0.25, -0.2) is 4.79 Å². The molecule has 1 N–H and O–H groups in total. The van der Waals surface area contributed by atoms with E-state index in [4.69, 9.17) is 4.74 Å². The van der Waals surface area contributed by atoms with Crippen molar-refractivity contribution in [2.45, 2.75) is 50.7 Å². The normalized spacial score (nSPS) is 22.8. The molecule has 0 saturated heterocycles. The van der Waals surface area contributed by atoms with Crippen molar-refractivity contribution >= 4 is 16.7 Å². The fourth-order valence-corrected chi connectivity index (χ4v) is 3.17. The van der Waals surface area contributed by atoms with E-state index in [0.29, 0.717) is 12.0 Å². The molecular weight excluding hydrogens is 276 g/mol. The molecule has 22 heavy (non-hydrogen) atoms. The molecule has 0 unspecified atom stereocenters. The Kier molecular flexibility index (Phi) is 4.74. The van der Waals surface area contributed by atoms with Crippen LogP contribution in [0.25, 0.3) is 10.8 Å². The Morgan fingerprint density at radius 1 is 0.955 bits per heavy atom.